The van der Waals surface area contributed by atoms with Gasteiger partial charge in [0, 0.05) is 78.6 Å². The van der Waals surface area contributed by atoms with Gasteiger partial charge in [0.25, 0.3) is 0 Å². The summed E-state index contributed by atoms with van der Waals surface area (Å²) in [6.07, 6.45) is 5.30. The summed E-state index contributed by atoms with van der Waals surface area (Å²) in [4.78, 5) is 8.07. The van der Waals surface area contributed by atoms with Crippen molar-refractivity contribution in [3.63, 3.8) is 0 Å². The SMILES string of the molecule is [2H]C([2H])([2H])N1C=CN(c2cccc(Oc3cc4c(-c5cc(C(C)(C)C)ccn5)cc5c(ccc6ccsc65)c4s3)c2)C1. The molecule has 0 saturated heterocycles. The van der Waals surface area contributed by atoms with Crippen LogP contribution >= 0.6 is 22.7 Å². The summed E-state index contributed by atoms with van der Waals surface area (Å²) in [5.74, 6) is 0.694. The van der Waals surface area contributed by atoms with E-state index in [1.165, 1.54) is 36.0 Å². The second-order valence-electron chi connectivity index (χ2n) is 10.9. The van der Waals surface area contributed by atoms with Crippen molar-refractivity contribution in [1.29, 1.82) is 0 Å². The summed E-state index contributed by atoms with van der Waals surface area (Å²) >= 11 is 3.40. The van der Waals surface area contributed by atoms with Gasteiger partial charge >= 0.3 is 0 Å². The van der Waals surface area contributed by atoms with Crippen LogP contribution in [0.15, 0.2) is 90.7 Å². The van der Waals surface area contributed by atoms with Crippen molar-refractivity contribution >= 4 is 59.3 Å². The van der Waals surface area contributed by atoms with E-state index in [1.807, 2.05) is 35.4 Å². The number of pyridine rings is 1. The van der Waals surface area contributed by atoms with Gasteiger partial charge in [-0.25, -0.2) is 0 Å². The molecule has 3 aromatic heterocycles. The van der Waals surface area contributed by atoms with E-state index in [9.17, 15) is 0 Å². The lowest BCUT2D eigenvalue weighted by Gasteiger charge is -2.19. The van der Waals surface area contributed by atoms with Gasteiger partial charge in [0.1, 0.15) is 5.75 Å². The van der Waals surface area contributed by atoms with Crippen LogP contribution in [0.1, 0.15) is 30.4 Å². The first kappa shape index (κ1) is 21.0. The fourth-order valence-corrected chi connectivity index (χ4v) is 7.12. The Labute approximate surface area is 240 Å². The van der Waals surface area contributed by atoms with Crippen LogP contribution in [0.2, 0.25) is 0 Å². The van der Waals surface area contributed by atoms with Crippen LogP contribution in [0.3, 0.4) is 0 Å². The molecule has 3 aromatic carbocycles. The van der Waals surface area contributed by atoms with Gasteiger partial charge in [0.15, 0.2) is 5.06 Å². The molecule has 0 radical (unpaired) electrons. The average Bonchev–Trinajstić information content (AvgIpc) is 3.71. The number of benzene rings is 3. The minimum absolute atomic E-state index is 0.00760. The lowest BCUT2D eigenvalue weighted by atomic mass is 9.86. The Hall–Kier alpha value is -3.87. The molecule has 0 fully saturated rings. The highest BCUT2D eigenvalue weighted by Crippen LogP contribution is 2.46. The molecule has 6 heteroatoms. The molecule has 0 spiro atoms. The molecular weight excluding hydrogens is 519 g/mol. The van der Waals surface area contributed by atoms with Gasteiger partial charge in [-0.05, 0) is 58.1 Å². The molecule has 7 rings (SSSR count). The molecule has 0 bridgehead atoms. The normalized spacial score (nSPS) is 15.3. The summed E-state index contributed by atoms with van der Waals surface area (Å²) < 4.78 is 32.0. The first-order chi connectivity index (χ1) is 20.0. The van der Waals surface area contributed by atoms with Crippen LogP contribution in [0.5, 0.6) is 10.8 Å². The van der Waals surface area contributed by atoms with Crippen molar-refractivity contribution in [2.24, 2.45) is 0 Å². The van der Waals surface area contributed by atoms with Gasteiger partial charge in [0.2, 0.25) is 0 Å². The topological polar surface area (TPSA) is 28.6 Å². The third-order valence-corrected chi connectivity index (χ3v) is 9.20. The van der Waals surface area contributed by atoms with Crippen LogP contribution in [0.4, 0.5) is 5.69 Å². The molecule has 1 aliphatic rings. The highest BCUT2D eigenvalue weighted by Gasteiger charge is 2.19. The Bertz CT molecular complexity index is 2000. The monoisotopic (exact) mass is 550 g/mol. The van der Waals surface area contributed by atoms with Crippen molar-refractivity contribution < 1.29 is 8.85 Å². The summed E-state index contributed by atoms with van der Waals surface area (Å²) in [5, 5.41) is 7.72. The molecule has 4 heterocycles. The molecule has 0 saturated carbocycles. The zero-order chi connectivity index (χ0) is 29.2. The smallest absolute Gasteiger partial charge is 0.182 e. The molecule has 0 unspecified atom stereocenters. The Kier molecular flexibility index (Phi) is 4.91. The summed E-state index contributed by atoms with van der Waals surface area (Å²) in [6.45, 7) is 4.75. The zero-order valence-electron chi connectivity index (χ0n) is 24.9. The first-order valence-corrected chi connectivity index (χ1v) is 14.6. The minimum Gasteiger partial charge on any atom is -0.447 e. The predicted molar refractivity (Wildman–Crippen MR) is 167 cm³/mol. The van der Waals surface area contributed by atoms with Gasteiger partial charge in [-0.2, -0.15) is 0 Å². The number of aromatic nitrogens is 1. The maximum atomic E-state index is 7.69. The van der Waals surface area contributed by atoms with Crippen molar-refractivity contribution in [3.8, 4) is 22.1 Å². The largest absolute Gasteiger partial charge is 0.447 e. The van der Waals surface area contributed by atoms with E-state index in [2.05, 4.69) is 68.6 Å². The Morgan fingerprint density at radius 3 is 2.69 bits per heavy atom. The lowest BCUT2D eigenvalue weighted by molar-refractivity contribution is 0.490. The molecular formula is C33H29N3OS2. The zero-order valence-corrected chi connectivity index (χ0v) is 23.6. The fourth-order valence-electron chi connectivity index (χ4n) is 5.12. The van der Waals surface area contributed by atoms with Gasteiger partial charge in [-0.3, -0.25) is 4.98 Å². The highest BCUT2D eigenvalue weighted by atomic mass is 32.1. The van der Waals surface area contributed by atoms with E-state index in [-0.39, 0.29) is 12.1 Å². The Balaban J connectivity index is 1.32. The lowest BCUT2D eigenvalue weighted by Crippen LogP contribution is -2.21. The maximum absolute atomic E-state index is 7.69. The predicted octanol–water partition coefficient (Wildman–Crippen LogP) is 9.60. The number of hydrogen-bond acceptors (Lipinski definition) is 6. The molecule has 39 heavy (non-hydrogen) atoms. The Morgan fingerprint density at radius 1 is 0.923 bits per heavy atom. The standard InChI is InChI=1S/C33H29N3OS2/c1-33(2,3)22-10-12-34-29(16-22)26-18-27-25(9-8-21-11-15-38-31(21)27)32-28(26)19-30(39-32)37-24-7-5-6-23(17-24)36-14-13-35(4)20-36/h5-19H,20H2,1-4H3/i4D3. The number of hydrogen-bond donors (Lipinski definition) is 0. The molecule has 6 aromatic rings. The summed E-state index contributed by atoms with van der Waals surface area (Å²) in [7, 11) is 0. The molecule has 0 amide bonds. The van der Waals surface area contributed by atoms with Crippen molar-refractivity contribution in [1.82, 2.24) is 9.88 Å². The Morgan fingerprint density at radius 2 is 1.85 bits per heavy atom. The maximum Gasteiger partial charge on any atom is 0.182 e. The third-order valence-electron chi connectivity index (χ3n) is 7.19. The van der Waals surface area contributed by atoms with Crippen molar-refractivity contribution in [2.45, 2.75) is 26.2 Å². The quantitative estimate of drug-likeness (QED) is 0.218. The van der Waals surface area contributed by atoms with Crippen LogP contribution in [0, 0.1) is 0 Å². The first-order valence-electron chi connectivity index (χ1n) is 14.4. The van der Waals surface area contributed by atoms with Gasteiger partial charge in [-0.1, -0.05) is 50.3 Å². The average molecular weight is 551 g/mol. The fraction of sp³-hybridized carbons (Fsp3) is 0.182. The van der Waals surface area contributed by atoms with Crippen LogP contribution < -0.4 is 9.64 Å². The van der Waals surface area contributed by atoms with Gasteiger partial charge in [0.05, 0.1) is 12.4 Å². The van der Waals surface area contributed by atoms with E-state index in [1.54, 1.807) is 35.1 Å². The number of rotatable bonds is 4. The van der Waals surface area contributed by atoms with E-state index in [0.29, 0.717) is 5.75 Å². The van der Waals surface area contributed by atoms with E-state index in [0.717, 1.165) is 27.4 Å². The minimum atomic E-state index is -2.17. The van der Waals surface area contributed by atoms with Crippen molar-refractivity contribution in [2.75, 3.05) is 18.5 Å². The number of anilines is 1. The molecule has 1 aliphatic heterocycles. The second kappa shape index (κ2) is 9.11. The van der Waals surface area contributed by atoms with Crippen LogP contribution in [-0.4, -0.2) is 23.5 Å². The number of fused-ring (bicyclic) bond motifs is 5. The highest BCUT2D eigenvalue weighted by molar-refractivity contribution is 7.22. The summed E-state index contributed by atoms with van der Waals surface area (Å²) in [5.41, 5.74) is 4.16. The number of nitrogens with zero attached hydrogens (tertiary/aromatic N) is 3. The second-order valence-corrected chi connectivity index (χ2v) is 12.8. The van der Waals surface area contributed by atoms with Crippen molar-refractivity contribution in [3.05, 3.63) is 96.3 Å². The molecule has 0 N–H and O–H groups in total. The number of ether oxygens (including phenoxy) is 1. The van der Waals surface area contributed by atoms with Crippen LogP contribution in [0.25, 0.3) is 42.2 Å². The molecule has 0 aliphatic carbocycles. The van der Waals surface area contributed by atoms with Gasteiger partial charge < -0.3 is 14.5 Å². The van der Waals surface area contributed by atoms with E-state index >= 15 is 0 Å². The molecule has 4 nitrogen and oxygen atoms in total. The van der Waals surface area contributed by atoms with Gasteiger partial charge in [-0.15, -0.1) is 11.3 Å². The van der Waals surface area contributed by atoms with E-state index in [4.69, 9.17) is 13.8 Å². The van der Waals surface area contributed by atoms with Crippen LogP contribution in [-0.2, 0) is 5.41 Å². The van der Waals surface area contributed by atoms with E-state index < -0.39 is 6.98 Å². The third kappa shape index (κ3) is 4.34. The number of thiophene rings is 2. The summed E-state index contributed by atoms with van der Waals surface area (Å²) in [6, 6.07) is 23.1. The molecule has 194 valence electrons. The molecule has 0 atom stereocenters.